The summed E-state index contributed by atoms with van der Waals surface area (Å²) in [5.41, 5.74) is 0.659. The molecule has 0 bridgehead atoms. The van der Waals surface area contributed by atoms with E-state index in [0.29, 0.717) is 24.1 Å². The highest BCUT2D eigenvalue weighted by Gasteiger charge is 2.22. The van der Waals surface area contributed by atoms with Gasteiger partial charge in [-0.1, -0.05) is 37.1 Å². The first-order valence-corrected chi connectivity index (χ1v) is 6.22. The summed E-state index contributed by atoms with van der Waals surface area (Å²) in [6.07, 6.45) is 3.75. The van der Waals surface area contributed by atoms with Crippen molar-refractivity contribution < 1.29 is 4.39 Å². The Kier molecular flexibility index (Phi) is 3.82. The minimum atomic E-state index is -0.290. The van der Waals surface area contributed by atoms with Crippen molar-refractivity contribution >= 4 is 11.6 Å². The third-order valence-corrected chi connectivity index (χ3v) is 3.74. The van der Waals surface area contributed by atoms with E-state index in [0.717, 1.165) is 0 Å². The normalized spacial score (nSPS) is 24.9. The highest BCUT2D eigenvalue weighted by Crippen LogP contribution is 2.25. The van der Waals surface area contributed by atoms with Crippen LogP contribution < -0.4 is 5.32 Å². The van der Waals surface area contributed by atoms with Gasteiger partial charge in [0.05, 0.1) is 5.02 Å². The molecule has 0 saturated heterocycles. The molecule has 2 unspecified atom stereocenters. The quantitative estimate of drug-likeness (QED) is 0.850. The predicted octanol–water partition coefficient (Wildman–Crippen LogP) is 3.76. The van der Waals surface area contributed by atoms with Crippen LogP contribution in [0, 0.1) is 11.7 Å². The zero-order chi connectivity index (χ0) is 11.5. The lowest BCUT2D eigenvalue weighted by molar-refractivity contribution is 0.421. The summed E-state index contributed by atoms with van der Waals surface area (Å²) in [5, 5.41) is 3.62. The second-order valence-corrected chi connectivity index (χ2v) is 5.02. The molecular formula is C13H17ClFN. The number of halogens is 2. The number of benzene rings is 1. The molecule has 0 heterocycles. The van der Waals surface area contributed by atoms with E-state index < -0.39 is 0 Å². The molecule has 2 atom stereocenters. The van der Waals surface area contributed by atoms with E-state index in [1.165, 1.54) is 19.3 Å². The molecule has 3 heteroatoms. The zero-order valence-electron chi connectivity index (χ0n) is 9.47. The van der Waals surface area contributed by atoms with Crippen LogP contribution in [0.3, 0.4) is 0 Å². The molecule has 1 aromatic rings. The molecule has 1 nitrogen and oxygen atoms in total. The van der Waals surface area contributed by atoms with Crippen molar-refractivity contribution in [2.45, 2.75) is 38.8 Å². The van der Waals surface area contributed by atoms with Gasteiger partial charge in [0, 0.05) is 18.2 Å². The van der Waals surface area contributed by atoms with Crippen LogP contribution in [0.2, 0.25) is 5.02 Å². The topological polar surface area (TPSA) is 12.0 Å². The third-order valence-electron chi connectivity index (χ3n) is 3.45. The Hall–Kier alpha value is -0.600. The lowest BCUT2D eigenvalue weighted by atomic mass is 10.1. The molecule has 0 spiro atoms. The molecule has 16 heavy (non-hydrogen) atoms. The van der Waals surface area contributed by atoms with Gasteiger partial charge in [-0.15, -0.1) is 0 Å². The molecule has 1 saturated carbocycles. The first kappa shape index (κ1) is 11.9. The van der Waals surface area contributed by atoms with Crippen molar-refractivity contribution in [2.24, 2.45) is 5.92 Å². The second kappa shape index (κ2) is 5.15. The van der Waals surface area contributed by atoms with Gasteiger partial charge in [-0.3, -0.25) is 0 Å². The van der Waals surface area contributed by atoms with E-state index in [2.05, 4.69) is 12.2 Å². The lowest BCUT2D eigenvalue weighted by Crippen LogP contribution is -2.30. The van der Waals surface area contributed by atoms with E-state index in [1.54, 1.807) is 18.2 Å². The fourth-order valence-electron chi connectivity index (χ4n) is 2.37. The number of rotatable bonds is 3. The summed E-state index contributed by atoms with van der Waals surface area (Å²) in [5.74, 6) is 0.407. The molecule has 1 aromatic carbocycles. The summed E-state index contributed by atoms with van der Waals surface area (Å²) >= 11 is 5.74. The van der Waals surface area contributed by atoms with Crippen molar-refractivity contribution in [1.29, 1.82) is 0 Å². The fraction of sp³-hybridized carbons (Fsp3) is 0.538. The fourth-order valence-corrected chi connectivity index (χ4v) is 2.57. The largest absolute Gasteiger partial charge is 0.310 e. The first-order chi connectivity index (χ1) is 7.68. The summed E-state index contributed by atoms with van der Waals surface area (Å²) in [6.45, 7) is 2.82. The van der Waals surface area contributed by atoms with Crippen molar-refractivity contribution in [1.82, 2.24) is 5.32 Å². The van der Waals surface area contributed by atoms with E-state index in [-0.39, 0.29) is 10.8 Å². The molecule has 1 aliphatic rings. The molecule has 0 aromatic heterocycles. The molecule has 0 aliphatic heterocycles. The van der Waals surface area contributed by atoms with Crippen molar-refractivity contribution in [3.63, 3.8) is 0 Å². The maximum Gasteiger partial charge on any atom is 0.146 e. The Morgan fingerprint density at radius 1 is 1.44 bits per heavy atom. The van der Waals surface area contributed by atoms with E-state index in [9.17, 15) is 4.39 Å². The van der Waals surface area contributed by atoms with Crippen LogP contribution in [0.1, 0.15) is 31.7 Å². The molecule has 0 amide bonds. The van der Waals surface area contributed by atoms with Crippen molar-refractivity contribution in [3.8, 4) is 0 Å². The van der Waals surface area contributed by atoms with Crippen LogP contribution in [0.25, 0.3) is 0 Å². The van der Waals surface area contributed by atoms with Gasteiger partial charge < -0.3 is 5.32 Å². The maximum atomic E-state index is 13.6. The summed E-state index contributed by atoms with van der Waals surface area (Å²) < 4.78 is 13.6. The Morgan fingerprint density at radius 2 is 2.25 bits per heavy atom. The molecular weight excluding hydrogens is 225 g/mol. The van der Waals surface area contributed by atoms with E-state index in [4.69, 9.17) is 11.6 Å². The van der Waals surface area contributed by atoms with E-state index >= 15 is 0 Å². The van der Waals surface area contributed by atoms with Crippen LogP contribution >= 0.6 is 11.6 Å². The standard InChI is InChI=1S/C13H17ClFN/c1-9-4-2-7-12(9)16-8-10-5-3-6-11(14)13(10)15/h3,5-6,9,12,16H,2,4,7-8H2,1H3. The van der Waals surface area contributed by atoms with Crippen molar-refractivity contribution in [2.75, 3.05) is 0 Å². The molecule has 1 fully saturated rings. The summed E-state index contributed by atoms with van der Waals surface area (Å²) in [7, 11) is 0. The SMILES string of the molecule is CC1CCCC1NCc1cccc(Cl)c1F. The van der Waals surface area contributed by atoms with Gasteiger partial charge in [0.2, 0.25) is 0 Å². The van der Waals surface area contributed by atoms with Gasteiger partial charge >= 0.3 is 0 Å². The number of hydrogen-bond donors (Lipinski definition) is 1. The average Bonchev–Trinajstić information content (AvgIpc) is 2.67. The predicted molar refractivity (Wildman–Crippen MR) is 65.1 cm³/mol. The smallest absolute Gasteiger partial charge is 0.146 e. The van der Waals surface area contributed by atoms with Gasteiger partial charge in [-0.05, 0) is 24.8 Å². The van der Waals surface area contributed by atoms with Crippen LogP contribution in [-0.4, -0.2) is 6.04 Å². The van der Waals surface area contributed by atoms with Crippen LogP contribution in [0.15, 0.2) is 18.2 Å². The van der Waals surface area contributed by atoms with Gasteiger partial charge in [0.15, 0.2) is 0 Å². The Labute approximate surface area is 101 Å². The van der Waals surface area contributed by atoms with Gasteiger partial charge in [0.1, 0.15) is 5.82 Å². The Balaban J connectivity index is 1.96. The number of hydrogen-bond acceptors (Lipinski definition) is 1. The highest BCUT2D eigenvalue weighted by atomic mass is 35.5. The van der Waals surface area contributed by atoms with Gasteiger partial charge in [-0.25, -0.2) is 4.39 Å². The van der Waals surface area contributed by atoms with Crippen LogP contribution in [-0.2, 0) is 6.54 Å². The summed E-state index contributed by atoms with van der Waals surface area (Å²) in [4.78, 5) is 0. The first-order valence-electron chi connectivity index (χ1n) is 5.84. The van der Waals surface area contributed by atoms with Gasteiger partial charge in [0.25, 0.3) is 0 Å². The monoisotopic (exact) mass is 241 g/mol. The van der Waals surface area contributed by atoms with Crippen molar-refractivity contribution in [3.05, 3.63) is 34.6 Å². The lowest BCUT2D eigenvalue weighted by Gasteiger charge is -2.17. The Bertz CT molecular complexity index is 367. The highest BCUT2D eigenvalue weighted by molar-refractivity contribution is 6.30. The molecule has 1 N–H and O–H groups in total. The van der Waals surface area contributed by atoms with Crippen LogP contribution in [0.4, 0.5) is 4.39 Å². The molecule has 88 valence electrons. The van der Waals surface area contributed by atoms with Crippen LogP contribution in [0.5, 0.6) is 0 Å². The molecule has 2 rings (SSSR count). The minimum absolute atomic E-state index is 0.207. The maximum absolute atomic E-state index is 13.6. The second-order valence-electron chi connectivity index (χ2n) is 4.61. The third kappa shape index (κ3) is 2.55. The van der Waals surface area contributed by atoms with E-state index in [1.807, 2.05) is 0 Å². The summed E-state index contributed by atoms with van der Waals surface area (Å²) in [6, 6.07) is 5.69. The Morgan fingerprint density at radius 3 is 2.94 bits per heavy atom. The molecule has 0 radical (unpaired) electrons. The minimum Gasteiger partial charge on any atom is -0.310 e. The molecule has 1 aliphatic carbocycles. The van der Waals surface area contributed by atoms with Gasteiger partial charge in [-0.2, -0.15) is 0 Å². The number of nitrogens with one attached hydrogen (secondary N) is 1. The average molecular weight is 242 g/mol. The zero-order valence-corrected chi connectivity index (χ0v) is 10.2.